The number of carboxylic acids is 1. The van der Waals surface area contributed by atoms with Crippen LogP contribution in [0.2, 0.25) is 0 Å². The monoisotopic (exact) mass is 492 g/mol. The third kappa shape index (κ3) is 5.53. The van der Waals surface area contributed by atoms with Gasteiger partial charge in [-0.3, -0.25) is 19.4 Å². The average Bonchev–Trinajstić information content (AvgIpc) is 3.32. The van der Waals surface area contributed by atoms with Crippen molar-refractivity contribution in [3.05, 3.63) is 65.9 Å². The topological polar surface area (TPSA) is 98.3 Å². The Bertz CT molecular complexity index is 1180. The number of rotatable bonds is 8. The minimum Gasteiger partial charge on any atom is -0.489 e. The summed E-state index contributed by atoms with van der Waals surface area (Å²) in [5.74, 6) is -0.0756. The number of carbonyl (C=O) groups is 2. The highest BCUT2D eigenvalue weighted by Crippen LogP contribution is 2.32. The van der Waals surface area contributed by atoms with E-state index in [0.29, 0.717) is 71.4 Å². The van der Waals surface area contributed by atoms with E-state index in [2.05, 4.69) is 9.88 Å². The van der Waals surface area contributed by atoms with Crippen LogP contribution in [0.5, 0.6) is 5.75 Å². The molecule has 2 aliphatic heterocycles. The maximum Gasteiger partial charge on any atom is 0.325 e. The summed E-state index contributed by atoms with van der Waals surface area (Å²) in [6.07, 6.45) is 1.79. The summed E-state index contributed by atoms with van der Waals surface area (Å²) in [4.78, 5) is 34.2. The Morgan fingerprint density at radius 3 is 2.47 bits per heavy atom. The van der Waals surface area contributed by atoms with Crippen molar-refractivity contribution in [1.29, 1.82) is 0 Å². The average molecular weight is 493 g/mol. The molecule has 0 bridgehead atoms. The fourth-order valence-corrected chi connectivity index (χ4v) is 4.95. The van der Waals surface area contributed by atoms with Gasteiger partial charge in [0.25, 0.3) is 0 Å². The summed E-state index contributed by atoms with van der Waals surface area (Å²) in [6.45, 7) is 5.69. The minimum atomic E-state index is -0.885. The van der Waals surface area contributed by atoms with Crippen LogP contribution in [0, 0.1) is 0 Å². The van der Waals surface area contributed by atoms with Gasteiger partial charge in [-0.1, -0.05) is 30.3 Å². The number of ether oxygens (including phenoxy) is 2. The van der Waals surface area contributed by atoms with E-state index >= 15 is 0 Å². The van der Waals surface area contributed by atoms with Crippen LogP contribution >= 0.6 is 0 Å². The second-order valence-electron chi connectivity index (χ2n) is 9.27. The normalized spacial score (nSPS) is 18.3. The van der Waals surface area contributed by atoms with Crippen LogP contribution in [0.15, 0.2) is 54.7 Å². The van der Waals surface area contributed by atoms with Crippen molar-refractivity contribution in [1.82, 2.24) is 19.7 Å². The number of hydrogen-bond acceptors (Lipinski definition) is 6. The van der Waals surface area contributed by atoms with Crippen molar-refractivity contribution in [2.45, 2.75) is 12.6 Å². The van der Waals surface area contributed by atoms with Gasteiger partial charge in [0.1, 0.15) is 18.4 Å². The zero-order chi connectivity index (χ0) is 24.9. The van der Waals surface area contributed by atoms with Crippen LogP contribution in [-0.4, -0.2) is 95.7 Å². The number of piperazine rings is 1. The molecule has 5 rings (SSSR count). The molecule has 1 atom stereocenters. The number of carboxylic acid groups (broad SMARTS) is 1. The molecule has 36 heavy (non-hydrogen) atoms. The van der Waals surface area contributed by atoms with Crippen LogP contribution in [0.25, 0.3) is 10.9 Å². The number of nitrogens with zero attached hydrogens (tertiary/aromatic N) is 3. The number of hydrogen-bond donors (Lipinski definition) is 2. The predicted molar refractivity (Wildman–Crippen MR) is 135 cm³/mol. The number of aromatic nitrogens is 1. The first kappa shape index (κ1) is 24.3. The lowest BCUT2D eigenvalue weighted by Crippen LogP contribution is -2.52. The van der Waals surface area contributed by atoms with E-state index in [0.717, 1.165) is 22.0 Å². The molecule has 0 saturated carbocycles. The molecule has 0 radical (unpaired) electrons. The Morgan fingerprint density at radius 2 is 1.75 bits per heavy atom. The van der Waals surface area contributed by atoms with Gasteiger partial charge < -0.3 is 24.5 Å². The van der Waals surface area contributed by atoms with E-state index in [4.69, 9.17) is 9.47 Å². The molecular formula is C27H32N4O5. The SMILES string of the molecule is O=C(O)[C@H](c1c[nH]c2ccc(OCc3ccccc3)cc12)N1CCN(CC(=O)N2CCOCC2)CC1. The predicted octanol–water partition coefficient (Wildman–Crippen LogP) is 2.35. The second kappa shape index (κ2) is 11.1. The lowest BCUT2D eigenvalue weighted by molar-refractivity contribution is -0.145. The molecule has 1 aromatic heterocycles. The van der Waals surface area contributed by atoms with E-state index < -0.39 is 12.0 Å². The van der Waals surface area contributed by atoms with Crippen LogP contribution in [0.4, 0.5) is 0 Å². The fraction of sp³-hybridized carbons (Fsp3) is 0.407. The summed E-state index contributed by atoms with van der Waals surface area (Å²) in [5, 5.41) is 11.0. The molecule has 190 valence electrons. The molecule has 3 aromatic rings. The quantitative estimate of drug-likeness (QED) is 0.498. The van der Waals surface area contributed by atoms with E-state index in [1.165, 1.54) is 0 Å². The third-order valence-electron chi connectivity index (χ3n) is 6.96. The van der Waals surface area contributed by atoms with Crippen LogP contribution in [0.3, 0.4) is 0 Å². The van der Waals surface area contributed by atoms with Crippen molar-refractivity contribution in [3.8, 4) is 5.75 Å². The van der Waals surface area contributed by atoms with Gasteiger partial charge in [-0.05, 0) is 23.8 Å². The van der Waals surface area contributed by atoms with E-state index in [9.17, 15) is 14.7 Å². The lowest BCUT2D eigenvalue weighted by atomic mass is 10.0. The molecule has 2 N–H and O–H groups in total. The van der Waals surface area contributed by atoms with Gasteiger partial charge in [-0.2, -0.15) is 0 Å². The summed E-state index contributed by atoms with van der Waals surface area (Å²) in [7, 11) is 0. The number of H-pyrrole nitrogens is 1. The molecule has 2 aliphatic rings. The highest BCUT2D eigenvalue weighted by molar-refractivity contribution is 5.90. The molecule has 2 fully saturated rings. The molecule has 1 amide bonds. The van der Waals surface area contributed by atoms with Gasteiger partial charge in [0.05, 0.1) is 19.8 Å². The number of amides is 1. The number of aromatic amines is 1. The van der Waals surface area contributed by atoms with Crippen molar-refractivity contribution in [2.75, 3.05) is 59.0 Å². The van der Waals surface area contributed by atoms with Gasteiger partial charge in [0, 0.05) is 61.9 Å². The first-order valence-corrected chi connectivity index (χ1v) is 12.4. The van der Waals surface area contributed by atoms with Gasteiger partial charge in [-0.15, -0.1) is 0 Å². The second-order valence-corrected chi connectivity index (χ2v) is 9.27. The molecule has 3 heterocycles. The van der Waals surface area contributed by atoms with Crippen LogP contribution in [0.1, 0.15) is 17.2 Å². The van der Waals surface area contributed by atoms with Gasteiger partial charge in [0.2, 0.25) is 5.91 Å². The zero-order valence-corrected chi connectivity index (χ0v) is 20.3. The van der Waals surface area contributed by atoms with Crippen molar-refractivity contribution < 1.29 is 24.2 Å². The molecular weight excluding hydrogens is 460 g/mol. The highest BCUT2D eigenvalue weighted by atomic mass is 16.5. The van der Waals surface area contributed by atoms with Crippen molar-refractivity contribution >= 4 is 22.8 Å². The minimum absolute atomic E-state index is 0.112. The largest absolute Gasteiger partial charge is 0.489 e. The number of morpholine rings is 1. The third-order valence-corrected chi connectivity index (χ3v) is 6.96. The van der Waals surface area contributed by atoms with Gasteiger partial charge in [0.15, 0.2) is 0 Å². The first-order valence-electron chi connectivity index (χ1n) is 12.4. The Morgan fingerprint density at radius 1 is 1.00 bits per heavy atom. The molecule has 9 nitrogen and oxygen atoms in total. The Labute approximate surface area is 210 Å². The summed E-state index contributed by atoms with van der Waals surface area (Å²) in [6, 6.07) is 14.9. The molecule has 2 aromatic carbocycles. The molecule has 0 unspecified atom stereocenters. The molecule has 0 spiro atoms. The van der Waals surface area contributed by atoms with E-state index in [1.807, 2.05) is 58.3 Å². The number of aliphatic carboxylic acids is 1. The Hall–Kier alpha value is -3.40. The summed E-state index contributed by atoms with van der Waals surface area (Å²) < 4.78 is 11.3. The summed E-state index contributed by atoms with van der Waals surface area (Å²) in [5.41, 5.74) is 2.67. The van der Waals surface area contributed by atoms with Crippen LogP contribution < -0.4 is 4.74 Å². The maximum atomic E-state index is 12.6. The van der Waals surface area contributed by atoms with Crippen molar-refractivity contribution in [2.24, 2.45) is 0 Å². The first-order chi connectivity index (χ1) is 17.6. The highest BCUT2D eigenvalue weighted by Gasteiger charge is 2.33. The zero-order valence-electron chi connectivity index (χ0n) is 20.3. The number of nitrogens with one attached hydrogen (secondary N) is 1. The number of benzene rings is 2. The van der Waals surface area contributed by atoms with Gasteiger partial charge >= 0.3 is 5.97 Å². The number of fused-ring (bicyclic) bond motifs is 1. The van der Waals surface area contributed by atoms with Crippen LogP contribution in [-0.2, 0) is 20.9 Å². The van der Waals surface area contributed by atoms with Crippen molar-refractivity contribution in [3.63, 3.8) is 0 Å². The summed E-state index contributed by atoms with van der Waals surface area (Å²) >= 11 is 0. The number of carbonyl (C=O) groups excluding carboxylic acids is 1. The molecule has 9 heteroatoms. The fourth-order valence-electron chi connectivity index (χ4n) is 4.95. The Kier molecular flexibility index (Phi) is 7.50. The molecule has 0 aliphatic carbocycles. The Balaban J connectivity index is 1.25. The molecule has 2 saturated heterocycles. The van der Waals surface area contributed by atoms with E-state index in [-0.39, 0.29) is 5.91 Å². The smallest absolute Gasteiger partial charge is 0.325 e. The standard InChI is InChI=1S/C27H32N4O5/c32-25(30-12-14-35-15-13-30)18-29-8-10-31(11-9-29)26(27(33)34)23-17-28-24-7-6-21(16-22(23)24)36-19-20-4-2-1-3-5-20/h1-7,16-17,26,28H,8-15,18-19H2,(H,33,34)/t26-/m0/s1. The lowest BCUT2D eigenvalue weighted by Gasteiger charge is -2.38. The van der Waals surface area contributed by atoms with Gasteiger partial charge in [-0.25, -0.2) is 0 Å². The maximum absolute atomic E-state index is 12.6. The van der Waals surface area contributed by atoms with E-state index in [1.54, 1.807) is 6.20 Å².